The van der Waals surface area contributed by atoms with Gasteiger partial charge in [0.15, 0.2) is 0 Å². The minimum absolute atomic E-state index is 0.540. The summed E-state index contributed by atoms with van der Waals surface area (Å²) in [6, 6.07) is 6.18. The third-order valence-corrected chi connectivity index (χ3v) is 1.68. The molecule has 1 aromatic rings. The van der Waals surface area contributed by atoms with Gasteiger partial charge in [-0.25, -0.2) is 0 Å². The van der Waals surface area contributed by atoms with E-state index in [0.29, 0.717) is 10.7 Å². The molecule has 0 bridgehead atoms. The van der Waals surface area contributed by atoms with Crippen molar-refractivity contribution in [3.05, 3.63) is 27.7 Å². The summed E-state index contributed by atoms with van der Waals surface area (Å²) in [7, 11) is 0. The van der Waals surface area contributed by atoms with E-state index in [-0.39, 0.29) is 0 Å². The first-order valence-electron chi connectivity index (χ1n) is 2.32. The van der Waals surface area contributed by atoms with E-state index in [4.69, 9.17) is 17.3 Å². The quantitative estimate of drug-likeness (QED) is 0.647. The lowest BCUT2D eigenvalue weighted by Crippen LogP contribution is -1.84. The lowest BCUT2D eigenvalue weighted by molar-refractivity contribution is 1.62. The van der Waals surface area contributed by atoms with Gasteiger partial charge >= 0.3 is 0 Å². The number of nitrogen functional groups attached to an aromatic ring is 1. The molecule has 0 amide bonds. The first-order chi connectivity index (χ1) is 4.20. The van der Waals surface area contributed by atoms with Crippen molar-refractivity contribution in [3.8, 4) is 0 Å². The van der Waals surface area contributed by atoms with Crippen LogP contribution in [0.2, 0.25) is 5.02 Å². The standard InChI is InChI=1S/C6H4BrClN/c7-4-1-2-5(8)6(9)3-4/h2-3H,9H2. The Bertz CT molecular complexity index is 224. The van der Waals surface area contributed by atoms with E-state index in [2.05, 4.69) is 22.0 Å². The molecular weight excluding hydrogens is 201 g/mol. The minimum Gasteiger partial charge on any atom is -0.397 e. The van der Waals surface area contributed by atoms with Gasteiger partial charge in [0.2, 0.25) is 0 Å². The molecule has 0 spiro atoms. The van der Waals surface area contributed by atoms with Gasteiger partial charge in [-0.15, -0.1) is 0 Å². The Kier molecular flexibility index (Phi) is 1.98. The molecule has 0 aliphatic carbocycles. The monoisotopic (exact) mass is 204 g/mol. The number of halogens is 2. The fourth-order valence-corrected chi connectivity index (χ4v) is 0.933. The molecule has 1 radical (unpaired) electrons. The van der Waals surface area contributed by atoms with E-state index in [1.54, 1.807) is 12.1 Å². The van der Waals surface area contributed by atoms with Crippen molar-refractivity contribution in [3.63, 3.8) is 0 Å². The van der Waals surface area contributed by atoms with Crippen LogP contribution in [-0.4, -0.2) is 0 Å². The highest BCUT2D eigenvalue weighted by Gasteiger charge is 1.93. The number of rotatable bonds is 0. The number of nitrogens with two attached hydrogens (primary N) is 1. The topological polar surface area (TPSA) is 26.0 Å². The zero-order chi connectivity index (χ0) is 6.85. The third kappa shape index (κ3) is 1.60. The Hall–Kier alpha value is -0.210. The van der Waals surface area contributed by atoms with E-state index in [9.17, 15) is 0 Å². The first kappa shape index (κ1) is 6.90. The lowest BCUT2D eigenvalue weighted by Gasteiger charge is -1.94. The van der Waals surface area contributed by atoms with Crippen LogP contribution in [0.4, 0.5) is 5.69 Å². The van der Waals surface area contributed by atoms with Crippen LogP contribution in [0.15, 0.2) is 16.6 Å². The van der Waals surface area contributed by atoms with Crippen LogP contribution in [0.3, 0.4) is 0 Å². The average molecular weight is 205 g/mol. The second kappa shape index (κ2) is 2.58. The average Bonchev–Trinajstić information content (AvgIpc) is 1.80. The first-order valence-corrected chi connectivity index (χ1v) is 3.49. The largest absolute Gasteiger partial charge is 0.397 e. The normalized spacial score (nSPS) is 9.56. The summed E-state index contributed by atoms with van der Waals surface area (Å²) in [4.78, 5) is 0. The minimum atomic E-state index is 0.540. The molecule has 0 unspecified atom stereocenters. The molecule has 47 valence electrons. The number of anilines is 1. The number of hydrogen-bond donors (Lipinski definition) is 1. The van der Waals surface area contributed by atoms with Gasteiger partial charge in [0.1, 0.15) is 0 Å². The predicted octanol–water partition coefficient (Wildman–Crippen LogP) is 2.48. The van der Waals surface area contributed by atoms with Gasteiger partial charge in [0, 0.05) is 4.47 Å². The highest BCUT2D eigenvalue weighted by atomic mass is 79.9. The molecule has 1 nitrogen and oxygen atoms in total. The molecule has 0 aliphatic rings. The summed E-state index contributed by atoms with van der Waals surface area (Å²) in [5, 5.41) is 0.540. The number of benzene rings is 1. The van der Waals surface area contributed by atoms with Crippen LogP contribution in [0, 0.1) is 6.07 Å². The SMILES string of the molecule is Nc1cc(Br)[c]cc1Cl. The van der Waals surface area contributed by atoms with Gasteiger partial charge in [-0.2, -0.15) is 0 Å². The fourth-order valence-electron chi connectivity index (χ4n) is 0.463. The van der Waals surface area contributed by atoms with E-state index >= 15 is 0 Å². The molecule has 3 heteroatoms. The van der Waals surface area contributed by atoms with E-state index in [1.165, 1.54) is 0 Å². The van der Waals surface area contributed by atoms with Gasteiger partial charge in [-0.05, 0) is 18.2 Å². The Morgan fingerprint density at radius 2 is 2.33 bits per heavy atom. The molecule has 0 fully saturated rings. The summed E-state index contributed by atoms with van der Waals surface area (Å²) in [6.07, 6.45) is 0. The smallest absolute Gasteiger partial charge is 0.0642 e. The second-order valence-corrected chi connectivity index (χ2v) is 2.85. The summed E-state index contributed by atoms with van der Waals surface area (Å²) >= 11 is 8.81. The van der Waals surface area contributed by atoms with Crippen LogP contribution in [0.25, 0.3) is 0 Å². The third-order valence-electron chi connectivity index (χ3n) is 0.895. The maximum Gasteiger partial charge on any atom is 0.0642 e. The van der Waals surface area contributed by atoms with Crippen LogP contribution in [0.5, 0.6) is 0 Å². The molecular formula is C6H4BrClN. The van der Waals surface area contributed by atoms with Crippen molar-refractivity contribution >= 4 is 33.2 Å². The number of hydrogen-bond acceptors (Lipinski definition) is 1. The van der Waals surface area contributed by atoms with E-state index in [0.717, 1.165) is 4.47 Å². The second-order valence-electron chi connectivity index (χ2n) is 1.58. The van der Waals surface area contributed by atoms with Crippen molar-refractivity contribution in [1.82, 2.24) is 0 Å². The molecule has 0 aliphatic heterocycles. The molecule has 0 atom stereocenters. The van der Waals surface area contributed by atoms with Crippen molar-refractivity contribution in [1.29, 1.82) is 0 Å². The fraction of sp³-hybridized carbons (Fsp3) is 0. The molecule has 2 N–H and O–H groups in total. The zero-order valence-electron chi connectivity index (χ0n) is 4.49. The Morgan fingerprint density at radius 1 is 1.67 bits per heavy atom. The molecule has 0 saturated heterocycles. The molecule has 0 saturated carbocycles. The summed E-state index contributed by atoms with van der Waals surface area (Å²) in [5.41, 5.74) is 6.01. The van der Waals surface area contributed by atoms with E-state index < -0.39 is 0 Å². The molecule has 0 heterocycles. The maximum absolute atomic E-state index is 5.60. The highest BCUT2D eigenvalue weighted by Crippen LogP contribution is 2.21. The molecule has 0 aromatic heterocycles. The maximum atomic E-state index is 5.60. The molecule has 9 heavy (non-hydrogen) atoms. The van der Waals surface area contributed by atoms with Crippen molar-refractivity contribution in [2.24, 2.45) is 0 Å². The molecule has 1 aromatic carbocycles. The summed E-state index contributed by atoms with van der Waals surface area (Å²) < 4.78 is 0.824. The van der Waals surface area contributed by atoms with Crippen molar-refractivity contribution in [2.45, 2.75) is 0 Å². The highest BCUT2D eigenvalue weighted by molar-refractivity contribution is 9.10. The zero-order valence-corrected chi connectivity index (χ0v) is 6.83. The van der Waals surface area contributed by atoms with Crippen molar-refractivity contribution in [2.75, 3.05) is 5.73 Å². The van der Waals surface area contributed by atoms with Gasteiger partial charge < -0.3 is 5.73 Å². The van der Waals surface area contributed by atoms with Crippen LogP contribution >= 0.6 is 27.5 Å². The van der Waals surface area contributed by atoms with Crippen LogP contribution in [-0.2, 0) is 0 Å². The van der Waals surface area contributed by atoms with Gasteiger partial charge in [-0.1, -0.05) is 27.5 Å². The van der Waals surface area contributed by atoms with Gasteiger partial charge in [0.25, 0.3) is 0 Å². The van der Waals surface area contributed by atoms with Crippen LogP contribution < -0.4 is 5.73 Å². The Balaban J connectivity index is 3.17. The van der Waals surface area contributed by atoms with Gasteiger partial charge in [-0.3, -0.25) is 0 Å². The summed E-state index contributed by atoms with van der Waals surface area (Å²) in [6.45, 7) is 0. The predicted molar refractivity (Wildman–Crippen MR) is 42.4 cm³/mol. The van der Waals surface area contributed by atoms with Gasteiger partial charge in [0.05, 0.1) is 10.7 Å². The Labute approximate surface area is 66.9 Å². The molecule has 1 rings (SSSR count). The lowest BCUT2D eigenvalue weighted by atomic mass is 10.3. The summed E-state index contributed by atoms with van der Waals surface area (Å²) in [5.74, 6) is 0. The van der Waals surface area contributed by atoms with E-state index in [1.807, 2.05) is 0 Å². The van der Waals surface area contributed by atoms with Crippen LogP contribution in [0.1, 0.15) is 0 Å². The Morgan fingerprint density at radius 3 is 2.78 bits per heavy atom. The van der Waals surface area contributed by atoms with Crippen molar-refractivity contribution < 1.29 is 0 Å².